The molecule has 2 aromatic carbocycles. The molecule has 10 heteroatoms. The van der Waals surface area contributed by atoms with Gasteiger partial charge in [0, 0.05) is 19.3 Å². The first-order chi connectivity index (χ1) is 15.6. The summed E-state index contributed by atoms with van der Waals surface area (Å²) in [7, 11) is -0.505. The van der Waals surface area contributed by atoms with E-state index in [4.69, 9.17) is 21.1 Å². The molecule has 3 aromatic rings. The van der Waals surface area contributed by atoms with Gasteiger partial charge in [0.2, 0.25) is 0 Å². The van der Waals surface area contributed by atoms with E-state index in [1.165, 1.54) is 13.2 Å². The highest BCUT2D eigenvalue weighted by Gasteiger charge is 2.53. The molecule has 0 saturated carbocycles. The molecule has 1 amide bonds. The highest BCUT2D eigenvalue weighted by Crippen LogP contribution is 2.40. The number of hydrogen-bond acceptors (Lipinski definition) is 7. The molecular formula is C23H21N3O5S2. The first-order valence-electron chi connectivity index (χ1n) is 9.85. The van der Waals surface area contributed by atoms with Gasteiger partial charge >= 0.3 is 10.1 Å². The molecule has 170 valence electrons. The molecular weight excluding hydrogens is 462 g/mol. The van der Waals surface area contributed by atoms with Gasteiger partial charge in [-0.2, -0.15) is 8.42 Å². The maximum atomic E-state index is 13.3. The number of likely N-dealkylation sites (N-methyl/N-ethyl adjacent to an activating group) is 1. The van der Waals surface area contributed by atoms with Gasteiger partial charge in [-0.3, -0.25) is 9.78 Å². The molecule has 1 atom stereocenters. The summed E-state index contributed by atoms with van der Waals surface area (Å²) < 4.78 is 33.7. The van der Waals surface area contributed by atoms with E-state index in [0.29, 0.717) is 27.7 Å². The molecule has 1 aromatic heterocycles. The van der Waals surface area contributed by atoms with Crippen molar-refractivity contribution in [1.29, 1.82) is 0 Å². The maximum absolute atomic E-state index is 13.3. The molecule has 0 spiro atoms. The predicted molar refractivity (Wildman–Crippen MR) is 127 cm³/mol. The van der Waals surface area contributed by atoms with Gasteiger partial charge in [0.1, 0.15) is 11.5 Å². The molecule has 2 heterocycles. The van der Waals surface area contributed by atoms with Crippen molar-refractivity contribution in [2.75, 3.05) is 20.4 Å². The van der Waals surface area contributed by atoms with Crippen LogP contribution in [0.25, 0.3) is 11.1 Å². The topological polar surface area (TPSA) is 97.8 Å². The standard InChI is InChI=1S/C23H21N3O5S2/c1-26-22(32)25-21(27)23(26,20-9-4-5-10-24-20)17-8-6-7-15(11-17)16-12-18(30-2)14-19(13-16)31-33(3,28)29/h4-14H,1-3H3,(H,25,27,32). The van der Waals surface area contributed by atoms with Gasteiger partial charge in [0.15, 0.2) is 10.7 Å². The van der Waals surface area contributed by atoms with Crippen LogP contribution in [0.4, 0.5) is 0 Å². The molecule has 33 heavy (non-hydrogen) atoms. The molecule has 1 N–H and O–H groups in total. The Kier molecular flexibility index (Phi) is 5.81. The summed E-state index contributed by atoms with van der Waals surface area (Å²) in [5, 5.41) is 3.03. The van der Waals surface area contributed by atoms with Crippen LogP contribution in [0, 0.1) is 0 Å². The van der Waals surface area contributed by atoms with Crippen LogP contribution in [0.15, 0.2) is 66.9 Å². The Labute approximate surface area is 197 Å². The molecule has 1 saturated heterocycles. The molecule has 1 unspecified atom stereocenters. The van der Waals surface area contributed by atoms with Crippen molar-refractivity contribution < 1.29 is 22.1 Å². The Morgan fingerprint density at radius 1 is 1.03 bits per heavy atom. The van der Waals surface area contributed by atoms with E-state index >= 15 is 0 Å². The second kappa shape index (κ2) is 8.45. The first-order valence-corrected chi connectivity index (χ1v) is 12.1. The molecule has 0 bridgehead atoms. The van der Waals surface area contributed by atoms with Crippen LogP contribution >= 0.6 is 12.2 Å². The van der Waals surface area contributed by atoms with Crippen molar-refractivity contribution >= 4 is 33.4 Å². The highest BCUT2D eigenvalue weighted by atomic mass is 32.2. The summed E-state index contributed by atoms with van der Waals surface area (Å²) >= 11 is 5.37. The summed E-state index contributed by atoms with van der Waals surface area (Å²) in [5.41, 5.74) is 1.27. The van der Waals surface area contributed by atoms with Crippen LogP contribution in [0.5, 0.6) is 11.5 Å². The highest BCUT2D eigenvalue weighted by molar-refractivity contribution is 7.86. The minimum atomic E-state index is -3.73. The Morgan fingerprint density at radius 3 is 2.39 bits per heavy atom. The zero-order chi connectivity index (χ0) is 23.8. The van der Waals surface area contributed by atoms with Gasteiger partial charge in [0.05, 0.1) is 19.1 Å². The van der Waals surface area contributed by atoms with E-state index in [0.717, 1.165) is 11.8 Å². The molecule has 4 rings (SSSR count). The Balaban J connectivity index is 1.90. The van der Waals surface area contributed by atoms with Crippen LogP contribution in [-0.2, 0) is 20.5 Å². The van der Waals surface area contributed by atoms with Crippen LogP contribution in [0.1, 0.15) is 11.3 Å². The van der Waals surface area contributed by atoms with Crippen LogP contribution in [-0.4, -0.2) is 49.7 Å². The Hall–Kier alpha value is -3.50. The lowest BCUT2D eigenvalue weighted by molar-refractivity contribution is -0.125. The summed E-state index contributed by atoms with van der Waals surface area (Å²) in [6, 6.07) is 17.5. The number of rotatable bonds is 6. The number of amides is 1. The number of carbonyl (C=O) groups excluding carboxylic acids is 1. The van der Waals surface area contributed by atoms with Crippen molar-refractivity contribution in [3.63, 3.8) is 0 Å². The number of ether oxygens (including phenoxy) is 1. The number of methoxy groups -OCH3 is 1. The van der Waals surface area contributed by atoms with E-state index in [2.05, 4.69) is 10.3 Å². The van der Waals surface area contributed by atoms with Gasteiger partial charge in [-0.15, -0.1) is 0 Å². The van der Waals surface area contributed by atoms with Gasteiger partial charge in [-0.1, -0.05) is 24.3 Å². The van der Waals surface area contributed by atoms with Crippen LogP contribution in [0.3, 0.4) is 0 Å². The fraction of sp³-hybridized carbons (Fsp3) is 0.174. The Bertz CT molecular complexity index is 1350. The van der Waals surface area contributed by atoms with E-state index in [-0.39, 0.29) is 11.7 Å². The zero-order valence-electron chi connectivity index (χ0n) is 18.1. The predicted octanol–water partition coefficient (Wildman–Crippen LogP) is 2.69. The largest absolute Gasteiger partial charge is 0.497 e. The number of thiocarbonyl (C=S) groups is 1. The number of pyridine rings is 1. The van der Waals surface area contributed by atoms with Gasteiger partial charge in [-0.25, -0.2) is 0 Å². The number of nitrogens with one attached hydrogen (secondary N) is 1. The van der Waals surface area contributed by atoms with Crippen molar-refractivity contribution in [2.24, 2.45) is 0 Å². The number of aromatic nitrogens is 1. The van der Waals surface area contributed by atoms with Crippen molar-refractivity contribution in [3.05, 3.63) is 78.1 Å². The molecule has 1 aliphatic rings. The number of nitrogens with zero attached hydrogens (tertiary/aromatic N) is 2. The average Bonchev–Trinajstić information content (AvgIpc) is 3.01. The lowest BCUT2D eigenvalue weighted by Crippen LogP contribution is -2.46. The SMILES string of the molecule is COc1cc(OS(C)(=O)=O)cc(-c2cccc(C3(c4ccccn4)C(=O)NC(=S)N3C)c2)c1. The number of carbonyl (C=O) groups is 1. The monoisotopic (exact) mass is 483 g/mol. The number of hydrogen-bond donors (Lipinski definition) is 1. The van der Waals surface area contributed by atoms with E-state index in [1.807, 2.05) is 30.3 Å². The molecule has 0 aliphatic carbocycles. The second-order valence-electron chi connectivity index (χ2n) is 7.51. The van der Waals surface area contributed by atoms with Crippen LogP contribution in [0.2, 0.25) is 0 Å². The fourth-order valence-electron chi connectivity index (χ4n) is 3.92. The zero-order valence-corrected chi connectivity index (χ0v) is 19.7. The maximum Gasteiger partial charge on any atom is 0.306 e. The molecule has 0 radical (unpaired) electrons. The first kappa shape index (κ1) is 22.7. The van der Waals surface area contributed by atoms with Gasteiger partial charge in [0.25, 0.3) is 5.91 Å². The third kappa shape index (κ3) is 4.14. The lowest BCUT2D eigenvalue weighted by atomic mass is 9.83. The minimum Gasteiger partial charge on any atom is -0.497 e. The Morgan fingerprint density at radius 2 is 1.79 bits per heavy atom. The summed E-state index contributed by atoms with van der Waals surface area (Å²) in [6.45, 7) is 0. The average molecular weight is 484 g/mol. The summed E-state index contributed by atoms with van der Waals surface area (Å²) in [6.07, 6.45) is 2.60. The van der Waals surface area contributed by atoms with Crippen molar-refractivity contribution in [3.8, 4) is 22.6 Å². The van der Waals surface area contributed by atoms with Crippen molar-refractivity contribution in [2.45, 2.75) is 5.54 Å². The second-order valence-corrected chi connectivity index (χ2v) is 9.47. The fourth-order valence-corrected chi connectivity index (χ4v) is 4.59. The lowest BCUT2D eigenvalue weighted by Gasteiger charge is -2.34. The molecule has 1 fully saturated rings. The van der Waals surface area contributed by atoms with E-state index < -0.39 is 15.7 Å². The van der Waals surface area contributed by atoms with Gasteiger partial charge < -0.3 is 19.1 Å². The van der Waals surface area contributed by atoms with Gasteiger partial charge in [-0.05, 0) is 59.2 Å². The quantitative estimate of drug-likeness (QED) is 0.422. The minimum absolute atomic E-state index is 0.119. The molecule has 8 nitrogen and oxygen atoms in total. The van der Waals surface area contributed by atoms with Crippen molar-refractivity contribution in [1.82, 2.24) is 15.2 Å². The normalized spacial score (nSPS) is 18.2. The third-order valence-corrected chi connectivity index (χ3v) is 6.24. The third-order valence-electron chi connectivity index (χ3n) is 5.37. The number of benzene rings is 2. The molecule has 1 aliphatic heterocycles. The van der Waals surface area contributed by atoms with E-state index in [1.54, 1.807) is 42.4 Å². The smallest absolute Gasteiger partial charge is 0.306 e. The summed E-state index contributed by atoms with van der Waals surface area (Å²) in [5.74, 6) is 0.235. The van der Waals surface area contributed by atoms with Crippen LogP contribution < -0.4 is 14.2 Å². The van der Waals surface area contributed by atoms with E-state index in [9.17, 15) is 13.2 Å². The summed E-state index contributed by atoms with van der Waals surface area (Å²) in [4.78, 5) is 19.4.